The minimum atomic E-state index is 0.661. The van der Waals surface area contributed by atoms with Gasteiger partial charge in [-0.1, -0.05) is 18.2 Å². The van der Waals surface area contributed by atoms with E-state index in [9.17, 15) is 0 Å². The van der Waals surface area contributed by atoms with Crippen LogP contribution in [0.4, 0.5) is 5.13 Å². The third-order valence-electron chi connectivity index (χ3n) is 2.21. The van der Waals surface area contributed by atoms with Crippen LogP contribution in [0.5, 0.6) is 0 Å². The van der Waals surface area contributed by atoms with Crippen LogP contribution in [0.3, 0.4) is 0 Å². The molecule has 4 heteroatoms. The first-order valence-electron chi connectivity index (χ1n) is 5.14. The third-order valence-corrected chi connectivity index (χ3v) is 3.01. The number of anilines is 1. The summed E-state index contributed by atoms with van der Waals surface area (Å²) in [5, 5.41) is 14.7. The number of nitriles is 1. The van der Waals surface area contributed by atoms with Gasteiger partial charge in [-0.05, 0) is 12.1 Å². The second-order valence-corrected chi connectivity index (χ2v) is 4.25. The third kappa shape index (κ3) is 2.71. The molecule has 0 aliphatic rings. The summed E-state index contributed by atoms with van der Waals surface area (Å²) in [6.07, 6.45) is 1.79. The van der Waals surface area contributed by atoms with Gasteiger partial charge in [-0.3, -0.25) is 0 Å². The molecule has 0 aliphatic heterocycles. The molecular formula is C13H11N3S. The van der Waals surface area contributed by atoms with Crippen LogP contribution in [0.2, 0.25) is 0 Å². The Morgan fingerprint density at radius 1 is 1.41 bits per heavy atom. The molecular weight excluding hydrogens is 230 g/mol. The number of hydrogen-bond donors (Lipinski definition) is 1. The Labute approximate surface area is 104 Å². The van der Waals surface area contributed by atoms with E-state index < -0.39 is 0 Å². The first-order valence-corrected chi connectivity index (χ1v) is 6.02. The largest absolute Gasteiger partial charge is 0.358 e. The summed E-state index contributed by atoms with van der Waals surface area (Å²) in [6.45, 7) is 4.35. The number of nitrogens with zero attached hydrogens (tertiary/aromatic N) is 2. The van der Waals surface area contributed by atoms with Crippen LogP contribution in [0.25, 0.3) is 11.3 Å². The second-order valence-electron chi connectivity index (χ2n) is 3.40. The number of benzene rings is 1. The van der Waals surface area contributed by atoms with Crippen LogP contribution in [-0.2, 0) is 0 Å². The number of hydrogen-bond acceptors (Lipinski definition) is 4. The summed E-state index contributed by atoms with van der Waals surface area (Å²) >= 11 is 1.56. The van der Waals surface area contributed by atoms with Crippen LogP contribution in [0, 0.1) is 11.3 Å². The van der Waals surface area contributed by atoms with Crippen molar-refractivity contribution in [3.8, 4) is 17.3 Å². The highest BCUT2D eigenvalue weighted by molar-refractivity contribution is 7.14. The minimum Gasteiger partial charge on any atom is -0.358 e. The van der Waals surface area contributed by atoms with Crippen LogP contribution in [0.15, 0.2) is 42.3 Å². The first-order chi connectivity index (χ1) is 8.33. The average Bonchev–Trinajstić information content (AvgIpc) is 2.85. The monoisotopic (exact) mass is 241 g/mol. The topological polar surface area (TPSA) is 48.7 Å². The number of rotatable bonds is 4. The van der Waals surface area contributed by atoms with Crippen molar-refractivity contribution in [1.82, 2.24) is 4.98 Å². The predicted molar refractivity (Wildman–Crippen MR) is 71.0 cm³/mol. The summed E-state index contributed by atoms with van der Waals surface area (Å²) in [5.74, 6) is 0. The maximum absolute atomic E-state index is 8.72. The molecule has 17 heavy (non-hydrogen) atoms. The van der Waals surface area contributed by atoms with E-state index in [4.69, 9.17) is 5.26 Å². The smallest absolute Gasteiger partial charge is 0.183 e. The van der Waals surface area contributed by atoms with Crippen molar-refractivity contribution in [2.45, 2.75) is 0 Å². The fraction of sp³-hybridized carbons (Fsp3) is 0.0769. The predicted octanol–water partition coefficient (Wildman–Crippen LogP) is 3.28. The Kier molecular flexibility index (Phi) is 3.53. The van der Waals surface area contributed by atoms with Crippen molar-refractivity contribution in [3.05, 3.63) is 47.9 Å². The lowest BCUT2D eigenvalue weighted by Crippen LogP contribution is -1.96. The maximum Gasteiger partial charge on any atom is 0.183 e. The zero-order valence-corrected chi connectivity index (χ0v) is 10.00. The molecule has 0 unspecified atom stereocenters. The highest BCUT2D eigenvalue weighted by Crippen LogP contribution is 2.24. The van der Waals surface area contributed by atoms with Gasteiger partial charge in [-0.15, -0.1) is 17.9 Å². The molecule has 0 spiro atoms. The molecule has 2 aromatic rings. The Bertz CT molecular complexity index is 549. The standard InChI is InChI=1S/C13H11N3S/c1-2-7-15-13-16-12(9-17-13)11-5-3-10(8-14)4-6-11/h2-6,9H,1,7H2,(H,15,16). The van der Waals surface area contributed by atoms with E-state index >= 15 is 0 Å². The normalized spacial score (nSPS) is 9.59. The van der Waals surface area contributed by atoms with Gasteiger partial charge < -0.3 is 5.32 Å². The summed E-state index contributed by atoms with van der Waals surface area (Å²) in [6, 6.07) is 9.51. The molecule has 0 saturated heterocycles. The molecule has 0 atom stereocenters. The number of aromatic nitrogens is 1. The van der Waals surface area contributed by atoms with Gasteiger partial charge in [0, 0.05) is 17.5 Å². The van der Waals surface area contributed by atoms with Crippen molar-refractivity contribution in [2.24, 2.45) is 0 Å². The summed E-state index contributed by atoms with van der Waals surface area (Å²) in [4.78, 5) is 4.45. The summed E-state index contributed by atoms with van der Waals surface area (Å²) in [7, 11) is 0. The fourth-order valence-electron chi connectivity index (χ4n) is 1.36. The van der Waals surface area contributed by atoms with Crippen molar-refractivity contribution >= 4 is 16.5 Å². The Hall–Kier alpha value is -2.12. The van der Waals surface area contributed by atoms with E-state index in [0.29, 0.717) is 12.1 Å². The van der Waals surface area contributed by atoms with Gasteiger partial charge in [0.2, 0.25) is 0 Å². The molecule has 1 aromatic heterocycles. The molecule has 0 radical (unpaired) electrons. The molecule has 84 valence electrons. The number of nitrogens with one attached hydrogen (secondary N) is 1. The zero-order chi connectivity index (χ0) is 12.1. The van der Waals surface area contributed by atoms with Crippen molar-refractivity contribution in [1.29, 1.82) is 5.26 Å². The van der Waals surface area contributed by atoms with E-state index in [0.717, 1.165) is 16.4 Å². The van der Waals surface area contributed by atoms with E-state index in [1.165, 1.54) is 0 Å². The molecule has 1 heterocycles. The SMILES string of the molecule is C=CCNc1nc(-c2ccc(C#N)cc2)cs1. The van der Waals surface area contributed by atoms with Crippen LogP contribution < -0.4 is 5.32 Å². The van der Waals surface area contributed by atoms with Gasteiger partial charge in [0.1, 0.15) is 0 Å². The van der Waals surface area contributed by atoms with E-state index in [2.05, 4.69) is 22.9 Å². The van der Waals surface area contributed by atoms with Gasteiger partial charge in [0.15, 0.2) is 5.13 Å². The zero-order valence-electron chi connectivity index (χ0n) is 9.18. The van der Waals surface area contributed by atoms with Gasteiger partial charge in [0.25, 0.3) is 0 Å². The highest BCUT2D eigenvalue weighted by atomic mass is 32.1. The second kappa shape index (κ2) is 5.28. The van der Waals surface area contributed by atoms with Crippen LogP contribution in [0.1, 0.15) is 5.56 Å². The molecule has 1 aromatic carbocycles. The van der Waals surface area contributed by atoms with E-state index in [1.54, 1.807) is 29.5 Å². The lowest BCUT2D eigenvalue weighted by Gasteiger charge is -1.97. The number of thiazole rings is 1. The van der Waals surface area contributed by atoms with Gasteiger partial charge >= 0.3 is 0 Å². The van der Waals surface area contributed by atoms with Crippen LogP contribution >= 0.6 is 11.3 Å². The quantitative estimate of drug-likeness (QED) is 0.836. The fourth-order valence-corrected chi connectivity index (χ4v) is 2.09. The minimum absolute atomic E-state index is 0.661. The first kappa shape index (κ1) is 11.4. The van der Waals surface area contributed by atoms with E-state index in [-0.39, 0.29) is 0 Å². The lowest BCUT2D eigenvalue weighted by molar-refractivity contribution is 1.29. The van der Waals surface area contributed by atoms with Crippen molar-refractivity contribution in [2.75, 3.05) is 11.9 Å². The molecule has 1 N–H and O–H groups in total. The Morgan fingerprint density at radius 3 is 2.82 bits per heavy atom. The summed E-state index contributed by atoms with van der Waals surface area (Å²) < 4.78 is 0. The molecule has 2 rings (SSSR count). The average molecular weight is 241 g/mol. The van der Waals surface area contributed by atoms with Crippen LogP contribution in [-0.4, -0.2) is 11.5 Å². The molecule has 3 nitrogen and oxygen atoms in total. The lowest BCUT2D eigenvalue weighted by atomic mass is 10.1. The molecule has 0 aliphatic carbocycles. The van der Waals surface area contributed by atoms with E-state index in [1.807, 2.05) is 17.5 Å². The maximum atomic E-state index is 8.72. The molecule has 0 fully saturated rings. The highest BCUT2D eigenvalue weighted by Gasteiger charge is 2.03. The molecule has 0 amide bonds. The molecule has 0 saturated carbocycles. The van der Waals surface area contributed by atoms with Crippen molar-refractivity contribution < 1.29 is 0 Å². The Morgan fingerprint density at radius 2 is 2.18 bits per heavy atom. The Balaban J connectivity index is 2.18. The van der Waals surface area contributed by atoms with Crippen molar-refractivity contribution in [3.63, 3.8) is 0 Å². The van der Waals surface area contributed by atoms with Gasteiger partial charge in [-0.2, -0.15) is 5.26 Å². The summed E-state index contributed by atoms with van der Waals surface area (Å²) in [5.41, 5.74) is 2.60. The van der Waals surface area contributed by atoms with Gasteiger partial charge in [0.05, 0.1) is 17.3 Å². The van der Waals surface area contributed by atoms with Gasteiger partial charge in [-0.25, -0.2) is 4.98 Å². The molecule has 0 bridgehead atoms.